The number of sulfonamides is 1. The number of halogens is 1. The van der Waals surface area contributed by atoms with Gasteiger partial charge in [0.15, 0.2) is 0 Å². The van der Waals surface area contributed by atoms with E-state index >= 15 is 0 Å². The van der Waals surface area contributed by atoms with Crippen LogP contribution in [0, 0.1) is 13.8 Å². The maximum absolute atomic E-state index is 14.3. The summed E-state index contributed by atoms with van der Waals surface area (Å²) in [6, 6.07) is 7.48. The molecule has 0 spiro atoms. The van der Waals surface area contributed by atoms with E-state index in [1.165, 1.54) is 6.07 Å². The van der Waals surface area contributed by atoms with Gasteiger partial charge in [-0.3, -0.25) is 18.7 Å². The first-order valence-corrected chi connectivity index (χ1v) is 16.4. The van der Waals surface area contributed by atoms with E-state index in [1.807, 2.05) is 7.05 Å². The Morgan fingerprint density at radius 2 is 1.81 bits per heavy atom. The van der Waals surface area contributed by atoms with Crippen LogP contribution >= 0.6 is 11.6 Å². The van der Waals surface area contributed by atoms with Crippen LogP contribution in [0.5, 0.6) is 0 Å². The van der Waals surface area contributed by atoms with Crippen LogP contribution in [0.3, 0.4) is 0 Å². The summed E-state index contributed by atoms with van der Waals surface area (Å²) in [5, 5.41) is 6.07. The molecule has 2 atom stereocenters. The van der Waals surface area contributed by atoms with Crippen LogP contribution in [0.4, 0.5) is 11.4 Å². The number of carbonyl (C=O) groups excluding carboxylic acids is 3. The predicted molar refractivity (Wildman–Crippen MR) is 167 cm³/mol. The molecule has 2 aromatic rings. The van der Waals surface area contributed by atoms with Gasteiger partial charge in [0.05, 0.1) is 22.7 Å². The number of hydrogen-bond donors (Lipinski definition) is 2. The van der Waals surface area contributed by atoms with E-state index in [2.05, 4.69) is 21.6 Å². The van der Waals surface area contributed by atoms with Crippen LogP contribution in [-0.4, -0.2) is 81.2 Å². The molecule has 2 aromatic carbocycles. The zero-order chi connectivity index (χ0) is 30.9. The third-order valence-corrected chi connectivity index (χ3v) is 10.8. The Bertz CT molecular complexity index is 1570. The molecule has 10 nitrogen and oxygen atoms in total. The summed E-state index contributed by atoms with van der Waals surface area (Å²) >= 11 is 6.26. The van der Waals surface area contributed by atoms with Crippen LogP contribution in [0.15, 0.2) is 52.9 Å². The average Bonchev–Trinajstić information content (AvgIpc) is 3.51. The van der Waals surface area contributed by atoms with Crippen LogP contribution in [0.25, 0.3) is 0 Å². The minimum absolute atomic E-state index is 0.000558. The van der Waals surface area contributed by atoms with Gasteiger partial charge < -0.3 is 20.4 Å². The smallest absolute Gasteiger partial charge is 0.265 e. The lowest BCUT2D eigenvalue weighted by molar-refractivity contribution is -0.135. The van der Waals surface area contributed by atoms with E-state index in [0.717, 1.165) is 42.2 Å². The van der Waals surface area contributed by atoms with E-state index in [1.54, 1.807) is 49.1 Å². The number of likely N-dealkylation sites (tertiary alicyclic amines) is 1. The standard InChI is InChI=1S/C31H38ClN5O5S/c1-20-17-28(21(2)16-23(20)32)43(41,42)37-26-9-5-4-8-24(26)34-30(39)27(37)19-29(38)33-25(31(40)36-12-6-7-13-36)18-22-10-14-35(3)15-11-22/h4-5,8-10,16-17,25,27H,6-7,11-15,18-19H2,1-3H3,(H,33,38)(H,34,39)/t25-,27-/m1/s1. The Labute approximate surface area is 258 Å². The molecule has 3 amide bonds. The van der Waals surface area contributed by atoms with E-state index in [0.29, 0.717) is 41.3 Å². The van der Waals surface area contributed by atoms with Gasteiger partial charge in [-0.15, -0.1) is 0 Å². The maximum atomic E-state index is 14.3. The molecule has 3 aliphatic heterocycles. The van der Waals surface area contributed by atoms with Gasteiger partial charge in [-0.1, -0.05) is 35.4 Å². The van der Waals surface area contributed by atoms with Crippen molar-refractivity contribution < 1.29 is 22.8 Å². The second kappa shape index (κ2) is 12.7. The summed E-state index contributed by atoms with van der Waals surface area (Å²) < 4.78 is 29.6. The SMILES string of the molecule is Cc1cc(S(=O)(=O)N2c3ccccc3NC(=O)[C@H]2CC(=O)N[C@H](CC2=CCN(C)CC2)C(=O)N2CCCC2)c(C)cc1Cl. The summed E-state index contributed by atoms with van der Waals surface area (Å²) in [6.07, 6.45) is 4.63. The van der Waals surface area contributed by atoms with Crippen molar-refractivity contribution in [1.29, 1.82) is 0 Å². The van der Waals surface area contributed by atoms with Gasteiger partial charge in [0.1, 0.15) is 12.1 Å². The minimum atomic E-state index is -4.31. The summed E-state index contributed by atoms with van der Waals surface area (Å²) in [6.45, 7) is 6.26. The molecule has 3 aliphatic rings. The van der Waals surface area contributed by atoms with E-state index < -0.39 is 40.3 Å². The van der Waals surface area contributed by atoms with E-state index in [9.17, 15) is 22.8 Å². The summed E-state index contributed by atoms with van der Waals surface area (Å²) in [7, 11) is -2.28. The number of hydrogen-bond acceptors (Lipinski definition) is 6. The summed E-state index contributed by atoms with van der Waals surface area (Å²) in [5.41, 5.74) is 2.67. The molecule has 1 saturated heterocycles. The van der Waals surface area contributed by atoms with Gasteiger partial charge in [-0.2, -0.15) is 0 Å². The van der Waals surface area contributed by atoms with Crippen molar-refractivity contribution in [3.8, 4) is 0 Å². The van der Waals surface area contributed by atoms with Gasteiger partial charge in [0, 0.05) is 31.2 Å². The molecule has 230 valence electrons. The molecule has 3 heterocycles. The molecule has 43 heavy (non-hydrogen) atoms. The van der Waals surface area contributed by atoms with Crippen molar-refractivity contribution in [1.82, 2.24) is 15.1 Å². The highest BCUT2D eigenvalue weighted by molar-refractivity contribution is 7.93. The zero-order valence-electron chi connectivity index (χ0n) is 24.7. The van der Waals surface area contributed by atoms with Gasteiger partial charge in [0.25, 0.3) is 10.0 Å². The first kappa shape index (κ1) is 31.0. The molecule has 12 heteroatoms. The monoisotopic (exact) mass is 627 g/mol. The molecular formula is C31H38ClN5O5S. The fourth-order valence-electron chi connectivity index (χ4n) is 5.92. The number of benzene rings is 2. The molecule has 0 bridgehead atoms. The molecule has 1 fully saturated rings. The Kier molecular flexibility index (Phi) is 9.15. The number of rotatable bonds is 8. The number of nitrogens with one attached hydrogen (secondary N) is 2. The van der Waals surface area contributed by atoms with Crippen molar-refractivity contribution in [2.24, 2.45) is 0 Å². The molecular weight excluding hydrogens is 590 g/mol. The van der Waals surface area contributed by atoms with Crippen molar-refractivity contribution in [2.75, 3.05) is 42.8 Å². The molecule has 5 rings (SSSR count). The van der Waals surface area contributed by atoms with Gasteiger partial charge in [0.2, 0.25) is 17.7 Å². The Morgan fingerprint density at radius 3 is 2.51 bits per heavy atom. The molecule has 0 saturated carbocycles. The van der Waals surface area contributed by atoms with E-state index in [-0.39, 0.29) is 16.5 Å². The van der Waals surface area contributed by atoms with Crippen LogP contribution in [-0.2, 0) is 24.4 Å². The highest BCUT2D eigenvalue weighted by Crippen LogP contribution is 2.38. The quantitative estimate of drug-likeness (QED) is 0.432. The Hall–Kier alpha value is -3.41. The average molecular weight is 628 g/mol. The highest BCUT2D eigenvalue weighted by atomic mass is 35.5. The molecule has 0 radical (unpaired) electrons. The molecule has 2 N–H and O–H groups in total. The number of carbonyl (C=O) groups is 3. The van der Waals surface area contributed by atoms with Crippen LogP contribution in [0.2, 0.25) is 5.02 Å². The van der Waals surface area contributed by atoms with Gasteiger partial charge in [-0.25, -0.2) is 8.42 Å². The largest absolute Gasteiger partial charge is 0.344 e. The fraction of sp³-hybridized carbons (Fsp3) is 0.452. The zero-order valence-corrected chi connectivity index (χ0v) is 26.3. The number of amides is 3. The third-order valence-electron chi connectivity index (χ3n) is 8.38. The van der Waals surface area contributed by atoms with Crippen molar-refractivity contribution >= 4 is 50.7 Å². The molecule has 0 unspecified atom stereocenters. The minimum Gasteiger partial charge on any atom is -0.344 e. The van der Waals surface area contributed by atoms with Crippen molar-refractivity contribution in [2.45, 2.75) is 62.9 Å². The number of aryl methyl sites for hydroxylation is 2. The number of para-hydroxylation sites is 2. The highest BCUT2D eigenvalue weighted by Gasteiger charge is 2.43. The number of fused-ring (bicyclic) bond motifs is 1. The summed E-state index contributed by atoms with van der Waals surface area (Å²) in [4.78, 5) is 44.6. The number of anilines is 2. The van der Waals surface area contributed by atoms with Crippen molar-refractivity contribution in [3.05, 3.63) is 64.2 Å². The molecule has 0 aromatic heterocycles. The van der Waals surface area contributed by atoms with E-state index in [4.69, 9.17) is 11.6 Å². The third kappa shape index (κ3) is 6.58. The predicted octanol–water partition coefficient (Wildman–Crippen LogP) is 3.62. The first-order valence-electron chi connectivity index (χ1n) is 14.6. The second-order valence-corrected chi connectivity index (χ2v) is 13.8. The van der Waals surface area contributed by atoms with Crippen molar-refractivity contribution in [3.63, 3.8) is 0 Å². The number of nitrogens with zero attached hydrogens (tertiary/aromatic N) is 3. The maximum Gasteiger partial charge on any atom is 0.265 e. The van der Waals surface area contributed by atoms with Gasteiger partial charge >= 0.3 is 0 Å². The molecule has 0 aliphatic carbocycles. The normalized spacial score (nSPS) is 19.9. The number of likely N-dealkylation sites (N-methyl/N-ethyl adjacent to an activating group) is 1. The topological polar surface area (TPSA) is 119 Å². The lowest BCUT2D eigenvalue weighted by Gasteiger charge is -2.37. The second-order valence-electron chi connectivity index (χ2n) is 11.6. The first-order chi connectivity index (χ1) is 20.5. The fourth-order valence-corrected chi connectivity index (χ4v) is 8.07. The van der Waals surface area contributed by atoms with Crippen LogP contribution in [0.1, 0.15) is 43.2 Å². The lowest BCUT2D eigenvalue weighted by atomic mass is 9.98. The Balaban J connectivity index is 1.45. The summed E-state index contributed by atoms with van der Waals surface area (Å²) in [5.74, 6) is -1.35. The van der Waals surface area contributed by atoms with Gasteiger partial charge in [-0.05, 0) is 82.0 Å². The lowest BCUT2D eigenvalue weighted by Crippen LogP contribution is -2.54. The van der Waals surface area contributed by atoms with Crippen LogP contribution < -0.4 is 14.9 Å². The Morgan fingerprint density at radius 1 is 1.09 bits per heavy atom.